The van der Waals surface area contributed by atoms with Gasteiger partial charge in [-0.25, -0.2) is 0 Å². The summed E-state index contributed by atoms with van der Waals surface area (Å²) in [6.07, 6.45) is 1.10. The van der Waals surface area contributed by atoms with E-state index in [1.54, 1.807) is 7.11 Å². The summed E-state index contributed by atoms with van der Waals surface area (Å²) in [7, 11) is 3.55. The Morgan fingerprint density at radius 3 is 2.78 bits per heavy atom. The second-order valence-corrected chi connectivity index (χ2v) is 6.09. The number of ether oxygens (including phenoxy) is 1. The Hall–Kier alpha value is -1.18. The molecule has 0 bridgehead atoms. The van der Waals surface area contributed by atoms with Crippen molar-refractivity contribution >= 4 is 35.6 Å². The maximum absolute atomic E-state index is 5.46. The lowest BCUT2D eigenvalue weighted by molar-refractivity contribution is 0.415. The van der Waals surface area contributed by atoms with Crippen molar-refractivity contribution < 1.29 is 4.74 Å². The molecule has 1 fully saturated rings. The number of methoxy groups -OCH3 is 1. The van der Waals surface area contributed by atoms with E-state index in [0.29, 0.717) is 12.0 Å². The lowest BCUT2D eigenvalue weighted by Gasteiger charge is -2.22. The monoisotopic (exact) mass is 432 g/mol. The van der Waals surface area contributed by atoms with Gasteiger partial charge in [0.1, 0.15) is 5.75 Å². The van der Waals surface area contributed by atoms with Gasteiger partial charge in [-0.2, -0.15) is 0 Å². The Kier molecular flexibility index (Phi) is 8.51. The molecule has 1 aromatic rings. The molecule has 1 aliphatic rings. The number of guanidine groups is 1. The van der Waals surface area contributed by atoms with E-state index in [1.807, 2.05) is 19.2 Å². The molecule has 2 rings (SSSR count). The molecule has 1 saturated heterocycles. The van der Waals surface area contributed by atoms with Gasteiger partial charge in [0.2, 0.25) is 0 Å². The van der Waals surface area contributed by atoms with Crippen molar-refractivity contribution in [2.24, 2.45) is 10.9 Å². The Morgan fingerprint density at radius 2 is 2.13 bits per heavy atom. The summed E-state index contributed by atoms with van der Waals surface area (Å²) in [4.78, 5) is 6.67. The van der Waals surface area contributed by atoms with Gasteiger partial charge in [0.15, 0.2) is 5.96 Å². The van der Waals surface area contributed by atoms with E-state index in [4.69, 9.17) is 4.74 Å². The highest BCUT2D eigenvalue weighted by molar-refractivity contribution is 14.0. The van der Waals surface area contributed by atoms with E-state index < -0.39 is 0 Å². The van der Waals surface area contributed by atoms with Crippen LogP contribution >= 0.6 is 24.0 Å². The van der Waals surface area contributed by atoms with E-state index in [-0.39, 0.29) is 24.0 Å². The van der Waals surface area contributed by atoms with Crippen LogP contribution in [0.25, 0.3) is 0 Å². The number of hydrogen-bond donors (Lipinski definition) is 2. The van der Waals surface area contributed by atoms with E-state index in [2.05, 4.69) is 46.5 Å². The van der Waals surface area contributed by atoms with Crippen LogP contribution in [0, 0.1) is 5.92 Å². The van der Waals surface area contributed by atoms with E-state index in [9.17, 15) is 0 Å². The number of aliphatic imine (C=N–C) groups is 1. The molecule has 0 amide bonds. The molecule has 1 atom stereocenters. The molecule has 1 aliphatic heterocycles. The van der Waals surface area contributed by atoms with Gasteiger partial charge in [-0.1, -0.05) is 26.0 Å². The summed E-state index contributed by atoms with van der Waals surface area (Å²) in [5.74, 6) is 2.43. The number of halogens is 1. The van der Waals surface area contributed by atoms with Gasteiger partial charge >= 0.3 is 0 Å². The molecular weight excluding hydrogens is 403 g/mol. The van der Waals surface area contributed by atoms with Gasteiger partial charge in [0, 0.05) is 32.7 Å². The molecule has 1 aromatic carbocycles. The summed E-state index contributed by atoms with van der Waals surface area (Å²) >= 11 is 0. The smallest absolute Gasteiger partial charge is 0.191 e. The molecule has 2 N–H and O–H groups in total. The lowest BCUT2D eigenvalue weighted by Crippen LogP contribution is -2.45. The first-order chi connectivity index (χ1) is 10.6. The molecule has 5 nitrogen and oxygen atoms in total. The summed E-state index contributed by atoms with van der Waals surface area (Å²) in [6, 6.07) is 8.60. The first-order valence-corrected chi connectivity index (χ1v) is 7.99. The van der Waals surface area contributed by atoms with Crippen LogP contribution in [-0.4, -0.2) is 45.8 Å². The second-order valence-electron chi connectivity index (χ2n) is 6.09. The van der Waals surface area contributed by atoms with Gasteiger partial charge in [0.05, 0.1) is 12.8 Å². The van der Waals surface area contributed by atoms with Gasteiger partial charge in [-0.15, -0.1) is 24.0 Å². The minimum absolute atomic E-state index is 0. The summed E-state index contributed by atoms with van der Waals surface area (Å²) in [5, 5.41) is 6.88. The van der Waals surface area contributed by atoms with Crippen LogP contribution in [0.3, 0.4) is 0 Å². The zero-order chi connectivity index (χ0) is 15.9. The van der Waals surface area contributed by atoms with Crippen molar-refractivity contribution in [1.82, 2.24) is 10.6 Å². The molecule has 0 aliphatic carbocycles. The zero-order valence-electron chi connectivity index (χ0n) is 14.5. The second kappa shape index (κ2) is 9.85. The fraction of sp³-hybridized carbons (Fsp3) is 0.588. The number of rotatable bonds is 5. The molecule has 1 unspecified atom stereocenters. The molecule has 23 heavy (non-hydrogen) atoms. The Labute approximate surface area is 156 Å². The lowest BCUT2D eigenvalue weighted by atomic mass is 10.2. The van der Waals surface area contributed by atoms with Crippen LogP contribution in [0.5, 0.6) is 5.75 Å². The largest absolute Gasteiger partial charge is 0.495 e. The first kappa shape index (κ1) is 19.9. The van der Waals surface area contributed by atoms with Gasteiger partial charge in [-0.3, -0.25) is 4.99 Å². The third-order valence-electron chi connectivity index (χ3n) is 3.86. The molecule has 0 radical (unpaired) electrons. The van der Waals surface area contributed by atoms with Gasteiger partial charge in [-0.05, 0) is 24.5 Å². The molecular formula is C17H29IN4O. The Balaban J connectivity index is 0.00000264. The Bertz CT molecular complexity index is 507. The predicted octanol–water partition coefficient (Wildman–Crippen LogP) is 2.71. The zero-order valence-corrected chi connectivity index (χ0v) is 16.8. The molecule has 130 valence electrons. The average Bonchev–Trinajstić information content (AvgIpc) is 2.99. The van der Waals surface area contributed by atoms with Gasteiger partial charge < -0.3 is 20.3 Å². The van der Waals surface area contributed by atoms with Gasteiger partial charge in [0.25, 0.3) is 0 Å². The van der Waals surface area contributed by atoms with E-state index in [1.165, 1.54) is 5.69 Å². The van der Waals surface area contributed by atoms with Crippen molar-refractivity contribution in [2.75, 3.05) is 38.7 Å². The van der Waals surface area contributed by atoms with Crippen molar-refractivity contribution in [3.63, 3.8) is 0 Å². The topological polar surface area (TPSA) is 48.9 Å². The van der Waals surface area contributed by atoms with Crippen molar-refractivity contribution in [3.05, 3.63) is 24.3 Å². The minimum Gasteiger partial charge on any atom is -0.495 e. The third kappa shape index (κ3) is 5.75. The summed E-state index contributed by atoms with van der Waals surface area (Å²) in [5.41, 5.74) is 1.17. The summed E-state index contributed by atoms with van der Waals surface area (Å²) < 4.78 is 5.46. The number of benzene rings is 1. The highest BCUT2D eigenvalue weighted by Crippen LogP contribution is 2.30. The number of nitrogens with zero attached hydrogens (tertiary/aromatic N) is 2. The number of hydrogen-bond acceptors (Lipinski definition) is 3. The van der Waals surface area contributed by atoms with Crippen LogP contribution in [0.2, 0.25) is 0 Å². The van der Waals surface area contributed by atoms with Crippen LogP contribution < -0.4 is 20.3 Å². The van der Waals surface area contributed by atoms with E-state index in [0.717, 1.165) is 37.8 Å². The average molecular weight is 432 g/mol. The SMILES string of the molecule is CN=C(NCC(C)C)NC1CCN(c2ccccc2OC)C1.I. The number of nitrogens with one attached hydrogen (secondary N) is 2. The molecule has 0 aromatic heterocycles. The molecule has 1 heterocycles. The maximum atomic E-state index is 5.46. The molecule has 0 saturated carbocycles. The van der Waals surface area contributed by atoms with Crippen LogP contribution in [-0.2, 0) is 0 Å². The minimum atomic E-state index is 0. The quantitative estimate of drug-likeness (QED) is 0.427. The number of anilines is 1. The summed E-state index contributed by atoms with van der Waals surface area (Å²) in [6.45, 7) is 7.31. The Morgan fingerprint density at radius 1 is 1.39 bits per heavy atom. The highest BCUT2D eigenvalue weighted by Gasteiger charge is 2.25. The standard InChI is InChI=1S/C17H28N4O.HI/c1-13(2)11-19-17(18-3)20-14-9-10-21(12-14)15-7-5-6-8-16(15)22-4;/h5-8,13-14H,9-12H2,1-4H3,(H2,18,19,20);1H. The van der Waals surface area contributed by atoms with Crippen molar-refractivity contribution in [1.29, 1.82) is 0 Å². The maximum Gasteiger partial charge on any atom is 0.191 e. The fourth-order valence-electron chi connectivity index (χ4n) is 2.68. The van der Waals surface area contributed by atoms with Crippen LogP contribution in [0.15, 0.2) is 29.3 Å². The fourth-order valence-corrected chi connectivity index (χ4v) is 2.68. The van der Waals surface area contributed by atoms with Crippen LogP contribution in [0.1, 0.15) is 20.3 Å². The van der Waals surface area contributed by atoms with Crippen molar-refractivity contribution in [3.8, 4) is 5.75 Å². The normalized spacial score (nSPS) is 17.9. The molecule has 0 spiro atoms. The van der Waals surface area contributed by atoms with Crippen molar-refractivity contribution in [2.45, 2.75) is 26.3 Å². The number of para-hydroxylation sites is 2. The highest BCUT2D eigenvalue weighted by atomic mass is 127. The molecule has 6 heteroatoms. The van der Waals surface area contributed by atoms with Crippen LogP contribution in [0.4, 0.5) is 5.69 Å². The van der Waals surface area contributed by atoms with E-state index >= 15 is 0 Å². The predicted molar refractivity (Wildman–Crippen MR) is 108 cm³/mol. The first-order valence-electron chi connectivity index (χ1n) is 7.99. The third-order valence-corrected chi connectivity index (χ3v) is 3.86.